The normalized spacial score (nSPS) is 10.6. The Labute approximate surface area is 175 Å². The van der Waals surface area contributed by atoms with E-state index < -0.39 is 11.7 Å². The minimum Gasteiger partial charge on any atom is -0.325 e. The third kappa shape index (κ3) is 5.61. The molecule has 3 aromatic rings. The van der Waals surface area contributed by atoms with Gasteiger partial charge in [0, 0.05) is 11.3 Å². The average molecular weight is 431 g/mol. The Morgan fingerprint density at radius 2 is 1.79 bits per heavy atom. The third-order valence-electron chi connectivity index (χ3n) is 3.98. The molecule has 0 spiro atoms. The van der Waals surface area contributed by atoms with Crippen molar-refractivity contribution in [2.45, 2.75) is 25.1 Å². The molecule has 0 unspecified atom stereocenters. The number of benzene rings is 2. The number of rotatable bonds is 6. The van der Waals surface area contributed by atoms with Gasteiger partial charge in [-0.25, -0.2) is 4.39 Å². The largest absolute Gasteiger partial charge is 0.325 e. The summed E-state index contributed by atoms with van der Waals surface area (Å²) in [5.74, 6) is -0.943. The van der Waals surface area contributed by atoms with Gasteiger partial charge in [0.15, 0.2) is 4.34 Å². The summed E-state index contributed by atoms with van der Waals surface area (Å²) in [6, 6.07) is 9.42. The molecule has 1 heterocycles. The lowest BCUT2D eigenvalue weighted by atomic mass is 10.1. The van der Waals surface area contributed by atoms with Crippen LogP contribution in [0.1, 0.15) is 27.0 Å². The first kappa shape index (κ1) is 20.9. The van der Waals surface area contributed by atoms with Gasteiger partial charge in [0.25, 0.3) is 5.91 Å². The van der Waals surface area contributed by atoms with Crippen LogP contribution in [0.2, 0.25) is 0 Å². The van der Waals surface area contributed by atoms with E-state index in [1.165, 1.54) is 30.0 Å². The first-order valence-corrected chi connectivity index (χ1v) is 10.5. The third-order valence-corrected chi connectivity index (χ3v) is 5.95. The van der Waals surface area contributed by atoms with Crippen molar-refractivity contribution in [3.8, 4) is 0 Å². The minimum absolute atomic E-state index is 0.148. The van der Waals surface area contributed by atoms with Crippen LogP contribution in [0.25, 0.3) is 0 Å². The highest BCUT2D eigenvalue weighted by Gasteiger charge is 2.13. The number of aryl methyl sites for hydroxylation is 3. The average Bonchev–Trinajstić information content (AvgIpc) is 3.10. The van der Waals surface area contributed by atoms with Gasteiger partial charge in [-0.1, -0.05) is 46.9 Å². The Morgan fingerprint density at radius 3 is 2.48 bits per heavy atom. The van der Waals surface area contributed by atoms with Gasteiger partial charge in [0.05, 0.1) is 5.75 Å². The first-order valence-electron chi connectivity index (χ1n) is 8.73. The second kappa shape index (κ2) is 9.15. The summed E-state index contributed by atoms with van der Waals surface area (Å²) in [7, 11) is 0. The molecule has 0 fully saturated rings. The van der Waals surface area contributed by atoms with Crippen molar-refractivity contribution >= 4 is 45.7 Å². The zero-order valence-corrected chi connectivity index (χ0v) is 17.7. The molecule has 0 atom stereocenters. The van der Waals surface area contributed by atoms with Crippen LogP contribution in [-0.2, 0) is 4.79 Å². The van der Waals surface area contributed by atoms with Gasteiger partial charge in [-0.15, -0.1) is 10.2 Å². The Balaban J connectivity index is 1.55. The molecule has 29 heavy (non-hydrogen) atoms. The monoisotopic (exact) mass is 430 g/mol. The van der Waals surface area contributed by atoms with Gasteiger partial charge in [-0.3, -0.25) is 14.9 Å². The molecule has 1 aromatic heterocycles. The summed E-state index contributed by atoms with van der Waals surface area (Å²) in [6.45, 7) is 5.93. The van der Waals surface area contributed by atoms with E-state index in [9.17, 15) is 14.0 Å². The fourth-order valence-electron chi connectivity index (χ4n) is 2.80. The number of anilines is 2. The van der Waals surface area contributed by atoms with Gasteiger partial charge in [-0.05, 0) is 50.1 Å². The number of nitrogens with one attached hydrogen (secondary N) is 2. The number of halogens is 1. The van der Waals surface area contributed by atoms with Crippen molar-refractivity contribution in [1.82, 2.24) is 10.2 Å². The van der Waals surface area contributed by atoms with Crippen molar-refractivity contribution in [1.29, 1.82) is 0 Å². The van der Waals surface area contributed by atoms with E-state index in [-0.39, 0.29) is 22.4 Å². The molecule has 0 bridgehead atoms. The van der Waals surface area contributed by atoms with E-state index in [0.717, 1.165) is 39.8 Å². The second-order valence-corrected chi connectivity index (χ2v) is 8.65. The fraction of sp³-hybridized carbons (Fsp3) is 0.200. The Bertz CT molecular complexity index is 1050. The molecule has 2 N–H and O–H groups in total. The summed E-state index contributed by atoms with van der Waals surface area (Å²) in [6.07, 6.45) is 0. The van der Waals surface area contributed by atoms with Crippen LogP contribution in [0.15, 0.2) is 40.7 Å². The predicted octanol–water partition coefficient (Wildman–Crippen LogP) is 4.59. The molecule has 2 amide bonds. The van der Waals surface area contributed by atoms with Crippen LogP contribution in [0.5, 0.6) is 0 Å². The Hall–Kier alpha value is -2.78. The van der Waals surface area contributed by atoms with Gasteiger partial charge in [0.2, 0.25) is 11.0 Å². The van der Waals surface area contributed by atoms with E-state index >= 15 is 0 Å². The topological polar surface area (TPSA) is 84.0 Å². The van der Waals surface area contributed by atoms with E-state index in [2.05, 4.69) is 20.8 Å². The Morgan fingerprint density at radius 1 is 1.07 bits per heavy atom. The lowest BCUT2D eigenvalue weighted by Crippen LogP contribution is -2.15. The summed E-state index contributed by atoms with van der Waals surface area (Å²) in [5, 5.41) is 13.7. The van der Waals surface area contributed by atoms with Crippen molar-refractivity contribution in [3.63, 3.8) is 0 Å². The maximum absolute atomic E-state index is 13.2. The highest BCUT2D eigenvalue weighted by Crippen LogP contribution is 2.27. The number of carbonyl (C=O) groups excluding carboxylic acids is 2. The van der Waals surface area contributed by atoms with Gasteiger partial charge >= 0.3 is 0 Å². The maximum atomic E-state index is 13.2. The lowest BCUT2D eigenvalue weighted by molar-refractivity contribution is -0.113. The molecule has 0 aliphatic carbocycles. The summed E-state index contributed by atoms with van der Waals surface area (Å²) >= 11 is 2.38. The summed E-state index contributed by atoms with van der Waals surface area (Å²) in [5.41, 5.74) is 4.19. The summed E-state index contributed by atoms with van der Waals surface area (Å²) in [4.78, 5) is 24.4. The van der Waals surface area contributed by atoms with Gasteiger partial charge in [-0.2, -0.15) is 0 Å². The van der Waals surface area contributed by atoms with Crippen LogP contribution in [0.4, 0.5) is 15.2 Å². The van der Waals surface area contributed by atoms with Gasteiger partial charge in [0.1, 0.15) is 5.82 Å². The molecular weight excluding hydrogens is 411 g/mol. The van der Waals surface area contributed by atoms with Crippen LogP contribution in [0.3, 0.4) is 0 Å². The number of thioether (sulfide) groups is 1. The number of hydrogen-bond donors (Lipinski definition) is 2. The Kier molecular flexibility index (Phi) is 6.60. The van der Waals surface area contributed by atoms with Crippen molar-refractivity contribution < 1.29 is 14.0 Å². The van der Waals surface area contributed by atoms with Crippen molar-refractivity contribution in [2.75, 3.05) is 16.4 Å². The zero-order valence-electron chi connectivity index (χ0n) is 16.1. The van der Waals surface area contributed by atoms with Crippen molar-refractivity contribution in [2.24, 2.45) is 0 Å². The molecular formula is C20H19FN4O2S2. The minimum atomic E-state index is -0.490. The smallest absolute Gasteiger partial charge is 0.257 e. The molecule has 0 radical (unpaired) electrons. The number of aromatic nitrogens is 2. The number of hydrogen-bond acceptors (Lipinski definition) is 6. The van der Waals surface area contributed by atoms with E-state index in [1.54, 1.807) is 0 Å². The zero-order chi connectivity index (χ0) is 21.0. The standard InChI is InChI=1S/C20H19FN4O2S2/c1-11-7-12(2)17(13(3)8-11)22-16(26)10-28-20-25-24-19(29-20)23-18(27)14-5-4-6-15(21)9-14/h4-9H,10H2,1-3H3,(H,22,26)(H,23,24,27). The highest BCUT2D eigenvalue weighted by molar-refractivity contribution is 8.01. The lowest BCUT2D eigenvalue weighted by Gasteiger charge is -2.12. The SMILES string of the molecule is Cc1cc(C)c(NC(=O)CSc2nnc(NC(=O)c3cccc(F)c3)s2)c(C)c1. The van der Waals surface area contributed by atoms with E-state index in [4.69, 9.17) is 0 Å². The molecule has 6 nitrogen and oxygen atoms in total. The number of carbonyl (C=O) groups is 2. The number of amides is 2. The second-order valence-electron chi connectivity index (χ2n) is 6.45. The molecule has 0 aliphatic heterocycles. The molecule has 0 aliphatic rings. The van der Waals surface area contributed by atoms with E-state index in [0.29, 0.717) is 4.34 Å². The van der Waals surface area contributed by atoms with Crippen LogP contribution in [0, 0.1) is 26.6 Å². The van der Waals surface area contributed by atoms with Crippen molar-refractivity contribution in [3.05, 3.63) is 64.5 Å². The maximum Gasteiger partial charge on any atom is 0.257 e. The van der Waals surface area contributed by atoms with Crippen LogP contribution >= 0.6 is 23.1 Å². The van der Waals surface area contributed by atoms with Gasteiger partial charge < -0.3 is 5.32 Å². The van der Waals surface area contributed by atoms with E-state index in [1.807, 2.05) is 32.9 Å². The molecule has 0 saturated carbocycles. The quantitative estimate of drug-likeness (QED) is 0.442. The first-order chi connectivity index (χ1) is 13.8. The van der Waals surface area contributed by atoms with Crippen LogP contribution in [-0.4, -0.2) is 27.8 Å². The molecule has 0 saturated heterocycles. The highest BCUT2D eigenvalue weighted by atomic mass is 32.2. The van der Waals surface area contributed by atoms with Crippen LogP contribution < -0.4 is 10.6 Å². The molecule has 3 rings (SSSR count). The fourth-order valence-corrected chi connectivity index (χ4v) is 4.34. The molecule has 150 valence electrons. The number of nitrogens with zero attached hydrogens (tertiary/aromatic N) is 2. The predicted molar refractivity (Wildman–Crippen MR) is 114 cm³/mol. The summed E-state index contributed by atoms with van der Waals surface area (Å²) < 4.78 is 13.8. The molecule has 9 heteroatoms. The molecule has 2 aromatic carbocycles.